The third-order valence-corrected chi connectivity index (χ3v) is 6.05. The number of anilines is 1. The Morgan fingerprint density at radius 2 is 1.66 bits per heavy atom. The number of rotatable bonds is 4. The first-order valence-electron chi connectivity index (χ1n) is 8.98. The Bertz CT molecular complexity index is 1040. The van der Waals surface area contributed by atoms with Crippen LogP contribution in [0, 0.1) is 0 Å². The summed E-state index contributed by atoms with van der Waals surface area (Å²) in [5, 5.41) is 13.2. The molecule has 2 amide bonds. The van der Waals surface area contributed by atoms with Crippen molar-refractivity contribution in [2.75, 3.05) is 11.9 Å². The Morgan fingerprint density at radius 3 is 2.34 bits per heavy atom. The van der Waals surface area contributed by atoms with Crippen molar-refractivity contribution in [1.29, 1.82) is 0 Å². The molecule has 2 heterocycles. The number of nitrogens with one attached hydrogen (secondary N) is 1. The smallest absolute Gasteiger partial charge is 0.254 e. The van der Waals surface area contributed by atoms with Crippen LogP contribution < -0.4 is 5.32 Å². The number of carbonyl (C=O) groups is 2. The summed E-state index contributed by atoms with van der Waals surface area (Å²) in [5.74, 6) is -0.443. The normalized spacial score (nSPS) is 16.1. The maximum Gasteiger partial charge on any atom is 0.254 e. The first-order chi connectivity index (χ1) is 14.0. The molecule has 0 saturated carbocycles. The van der Waals surface area contributed by atoms with E-state index in [-0.39, 0.29) is 11.8 Å². The lowest BCUT2D eigenvalue weighted by molar-refractivity contribution is -0.119. The van der Waals surface area contributed by atoms with E-state index >= 15 is 0 Å². The fourth-order valence-corrected chi connectivity index (χ4v) is 4.22. The fourth-order valence-electron chi connectivity index (χ4n) is 3.21. The third kappa shape index (κ3) is 4.42. The second-order valence-corrected chi connectivity index (χ2v) is 8.42. The molecule has 1 aromatic heterocycles. The van der Waals surface area contributed by atoms with Crippen molar-refractivity contribution in [2.24, 2.45) is 0 Å². The lowest BCUT2D eigenvalue weighted by Gasteiger charge is -2.23. The van der Waals surface area contributed by atoms with Gasteiger partial charge in [0.25, 0.3) is 5.91 Å². The molecule has 1 atom stereocenters. The highest BCUT2D eigenvalue weighted by Gasteiger charge is 2.35. The maximum atomic E-state index is 12.8. The van der Waals surface area contributed by atoms with Crippen LogP contribution in [0.5, 0.6) is 0 Å². The Labute approximate surface area is 181 Å². The highest BCUT2D eigenvalue weighted by molar-refractivity contribution is 7.18. The van der Waals surface area contributed by atoms with E-state index in [1.807, 2.05) is 12.1 Å². The number of likely N-dealkylation sites (tertiary alicyclic amines) is 1. The number of amides is 2. The van der Waals surface area contributed by atoms with E-state index in [1.54, 1.807) is 41.3 Å². The molecule has 1 aliphatic heterocycles. The Hall–Kier alpha value is -2.48. The monoisotopic (exact) mass is 446 g/mol. The van der Waals surface area contributed by atoms with E-state index in [0.717, 1.165) is 12.0 Å². The zero-order valence-corrected chi connectivity index (χ0v) is 17.5. The number of hydrogen-bond acceptors (Lipinski definition) is 5. The minimum atomic E-state index is -0.541. The first kappa shape index (κ1) is 19.8. The highest BCUT2D eigenvalue weighted by atomic mass is 35.5. The summed E-state index contributed by atoms with van der Waals surface area (Å²) in [5.41, 5.74) is 1.38. The standard InChI is InChI=1S/C20H16Cl2N4O2S/c21-14-7-3-12(4-8-14)18-24-25-20(29-18)23-17(27)16-2-1-11-26(16)19(28)13-5-9-15(22)10-6-13/h3-10,16H,1-2,11H2,(H,23,25,27). The zero-order chi connectivity index (χ0) is 20.4. The van der Waals surface area contributed by atoms with Gasteiger partial charge in [0.1, 0.15) is 11.0 Å². The minimum Gasteiger partial charge on any atom is -0.327 e. The zero-order valence-electron chi connectivity index (χ0n) is 15.1. The van der Waals surface area contributed by atoms with Crippen LogP contribution in [-0.2, 0) is 4.79 Å². The Kier molecular flexibility index (Phi) is 5.80. The van der Waals surface area contributed by atoms with Crippen LogP contribution in [0.15, 0.2) is 48.5 Å². The fraction of sp³-hybridized carbons (Fsp3) is 0.200. The SMILES string of the molecule is O=C(Nc1nnc(-c2ccc(Cl)cc2)s1)C1CCCN1C(=O)c1ccc(Cl)cc1. The summed E-state index contributed by atoms with van der Waals surface area (Å²) in [6.45, 7) is 0.533. The first-order valence-corrected chi connectivity index (χ1v) is 10.6. The summed E-state index contributed by atoms with van der Waals surface area (Å²) >= 11 is 13.1. The van der Waals surface area contributed by atoms with Gasteiger partial charge in [0.2, 0.25) is 11.0 Å². The van der Waals surface area contributed by atoms with E-state index in [4.69, 9.17) is 23.2 Å². The minimum absolute atomic E-state index is 0.182. The molecular weight excluding hydrogens is 431 g/mol. The van der Waals surface area contributed by atoms with Crippen molar-refractivity contribution in [3.8, 4) is 10.6 Å². The maximum absolute atomic E-state index is 12.8. The van der Waals surface area contributed by atoms with Gasteiger partial charge in [0, 0.05) is 27.7 Å². The van der Waals surface area contributed by atoms with E-state index in [0.29, 0.717) is 38.7 Å². The molecule has 1 saturated heterocycles. The van der Waals surface area contributed by atoms with Crippen LogP contribution in [0.25, 0.3) is 10.6 Å². The molecule has 1 N–H and O–H groups in total. The predicted molar refractivity (Wildman–Crippen MR) is 114 cm³/mol. The number of aromatic nitrogens is 2. The van der Waals surface area contributed by atoms with Crippen LogP contribution in [0.3, 0.4) is 0 Å². The van der Waals surface area contributed by atoms with Crippen LogP contribution in [0.2, 0.25) is 10.0 Å². The summed E-state index contributed by atoms with van der Waals surface area (Å²) < 4.78 is 0. The summed E-state index contributed by atoms with van der Waals surface area (Å²) in [7, 11) is 0. The lowest BCUT2D eigenvalue weighted by atomic mass is 10.1. The van der Waals surface area contributed by atoms with Crippen molar-refractivity contribution in [2.45, 2.75) is 18.9 Å². The van der Waals surface area contributed by atoms with E-state index in [1.165, 1.54) is 11.3 Å². The molecule has 0 spiro atoms. The summed E-state index contributed by atoms with van der Waals surface area (Å²) in [4.78, 5) is 27.2. The number of benzene rings is 2. The molecule has 1 aliphatic rings. The molecular formula is C20H16Cl2N4O2S. The molecule has 29 heavy (non-hydrogen) atoms. The van der Waals surface area contributed by atoms with Gasteiger partial charge in [-0.05, 0) is 49.2 Å². The molecule has 1 fully saturated rings. The quantitative estimate of drug-likeness (QED) is 0.626. The molecule has 0 aliphatic carbocycles. The predicted octanol–water partition coefficient (Wildman–Crippen LogP) is 4.76. The lowest BCUT2D eigenvalue weighted by Crippen LogP contribution is -2.43. The van der Waals surface area contributed by atoms with Crippen LogP contribution in [-0.4, -0.2) is 39.5 Å². The number of hydrogen-bond donors (Lipinski definition) is 1. The van der Waals surface area contributed by atoms with Crippen molar-refractivity contribution >= 4 is 51.5 Å². The number of nitrogens with zero attached hydrogens (tertiary/aromatic N) is 3. The molecule has 2 aromatic carbocycles. The molecule has 0 radical (unpaired) electrons. The second kappa shape index (κ2) is 8.49. The summed E-state index contributed by atoms with van der Waals surface area (Å²) in [6.07, 6.45) is 1.37. The topological polar surface area (TPSA) is 75.2 Å². The van der Waals surface area contributed by atoms with Crippen molar-refractivity contribution in [1.82, 2.24) is 15.1 Å². The molecule has 4 rings (SSSR count). The Morgan fingerprint density at radius 1 is 1.00 bits per heavy atom. The molecule has 6 nitrogen and oxygen atoms in total. The Balaban J connectivity index is 1.45. The van der Waals surface area contributed by atoms with Gasteiger partial charge in [0.05, 0.1) is 0 Å². The molecule has 3 aromatic rings. The van der Waals surface area contributed by atoms with Gasteiger partial charge < -0.3 is 4.90 Å². The van der Waals surface area contributed by atoms with E-state index in [2.05, 4.69) is 15.5 Å². The van der Waals surface area contributed by atoms with Crippen molar-refractivity contribution in [3.63, 3.8) is 0 Å². The van der Waals surface area contributed by atoms with Gasteiger partial charge in [0.15, 0.2) is 0 Å². The van der Waals surface area contributed by atoms with Gasteiger partial charge in [-0.2, -0.15) is 0 Å². The van der Waals surface area contributed by atoms with Crippen molar-refractivity contribution < 1.29 is 9.59 Å². The highest BCUT2D eigenvalue weighted by Crippen LogP contribution is 2.28. The van der Waals surface area contributed by atoms with Gasteiger partial charge in [-0.1, -0.05) is 46.7 Å². The molecule has 9 heteroatoms. The second-order valence-electron chi connectivity index (χ2n) is 6.57. The number of halogens is 2. The number of carbonyl (C=O) groups excluding carboxylic acids is 2. The van der Waals surface area contributed by atoms with E-state index < -0.39 is 6.04 Å². The third-order valence-electron chi connectivity index (χ3n) is 4.65. The van der Waals surface area contributed by atoms with Gasteiger partial charge in [-0.25, -0.2) is 0 Å². The van der Waals surface area contributed by atoms with Crippen LogP contribution >= 0.6 is 34.5 Å². The molecule has 148 valence electrons. The average molecular weight is 447 g/mol. The largest absolute Gasteiger partial charge is 0.327 e. The van der Waals surface area contributed by atoms with Crippen LogP contribution in [0.4, 0.5) is 5.13 Å². The van der Waals surface area contributed by atoms with Gasteiger partial charge in [-0.3, -0.25) is 14.9 Å². The van der Waals surface area contributed by atoms with Crippen LogP contribution in [0.1, 0.15) is 23.2 Å². The molecule has 0 bridgehead atoms. The average Bonchev–Trinajstić information content (AvgIpc) is 3.38. The van der Waals surface area contributed by atoms with E-state index in [9.17, 15) is 9.59 Å². The van der Waals surface area contributed by atoms with Gasteiger partial charge >= 0.3 is 0 Å². The van der Waals surface area contributed by atoms with Gasteiger partial charge in [-0.15, -0.1) is 10.2 Å². The summed E-state index contributed by atoms with van der Waals surface area (Å²) in [6, 6.07) is 13.4. The molecule has 1 unspecified atom stereocenters. The van der Waals surface area contributed by atoms with Crippen molar-refractivity contribution in [3.05, 3.63) is 64.1 Å².